The molecule has 0 aromatic heterocycles. The number of benzene rings is 2. The molecule has 2 aromatic rings. The number of anilines is 1. The van der Waals surface area contributed by atoms with Crippen molar-refractivity contribution in [3.05, 3.63) is 64.4 Å². The second kappa shape index (κ2) is 12.8. The Morgan fingerprint density at radius 1 is 1.08 bits per heavy atom. The molecule has 1 N–H and O–H groups in total. The first kappa shape index (κ1) is 29.1. The monoisotopic (exact) mass is 596 g/mol. The maximum absolute atomic E-state index is 13.7. The van der Waals surface area contributed by atoms with Crippen LogP contribution in [0.15, 0.2) is 53.0 Å². The molecular formula is C26H34BrFN4O4S. The summed E-state index contributed by atoms with van der Waals surface area (Å²) in [7, 11) is -1.38. The van der Waals surface area contributed by atoms with Crippen LogP contribution in [0.25, 0.3) is 0 Å². The molecule has 1 fully saturated rings. The van der Waals surface area contributed by atoms with Crippen LogP contribution in [-0.2, 0) is 26.3 Å². The van der Waals surface area contributed by atoms with Crippen molar-refractivity contribution in [1.29, 1.82) is 0 Å². The molecule has 8 nitrogen and oxygen atoms in total. The number of hydrogen-bond acceptors (Lipinski definition) is 4. The Morgan fingerprint density at radius 2 is 1.73 bits per heavy atom. The minimum Gasteiger partial charge on any atom is -0.352 e. The van der Waals surface area contributed by atoms with Crippen molar-refractivity contribution < 1.29 is 22.4 Å². The van der Waals surface area contributed by atoms with Crippen LogP contribution in [0.2, 0.25) is 0 Å². The number of carbonyl (C=O) groups excluding carboxylic acids is 2. The second-order valence-corrected chi connectivity index (χ2v) is 12.4. The van der Waals surface area contributed by atoms with Crippen molar-refractivity contribution >= 4 is 43.6 Å². The number of rotatable bonds is 10. The van der Waals surface area contributed by atoms with Crippen molar-refractivity contribution in [3.8, 4) is 0 Å². The van der Waals surface area contributed by atoms with Gasteiger partial charge < -0.3 is 10.2 Å². The molecule has 0 spiro atoms. The highest BCUT2D eigenvalue weighted by Crippen LogP contribution is 2.22. The molecule has 1 aliphatic rings. The van der Waals surface area contributed by atoms with Gasteiger partial charge in [-0.15, -0.1) is 0 Å². The lowest BCUT2D eigenvalue weighted by Crippen LogP contribution is -2.53. The largest absolute Gasteiger partial charge is 0.352 e. The predicted molar refractivity (Wildman–Crippen MR) is 146 cm³/mol. The van der Waals surface area contributed by atoms with Crippen LogP contribution in [0.1, 0.15) is 44.6 Å². The standard InChI is InChI=1S/C26H34BrFN4O4S/c1-19(26(34)29-23-10-5-4-6-11-23)31(17-20-8-7-9-21(27)16-20)25(33)18-32(37(35,36)30(2)3)24-14-12-22(28)13-15-24/h7-9,12-16,19,23H,4-6,10-11,17-18H2,1-3H3,(H,29,34). The highest BCUT2D eigenvalue weighted by Gasteiger charge is 2.33. The second-order valence-electron chi connectivity index (χ2n) is 9.44. The molecule has 1 unspecified atom stereocenters. The summed E-state index contributed by atoms with van der Waals surface area (Å²) in [6.07, 6.45) is 5.05. The van der Waals surface area contributed by atoms with Crippen molar-refractivity contribution in [2.45, 2.75) is 57.7 Å². The van der Waals surface area contributed by atoms with E-state index in [2.05, 4.69) is 21.2 Å². The lowest BCUT2D eigenvalue weighted by molar-refractivity contribution is -0.139. The number of nitrogens with one attached hydrogen (secondary N) is 1. The molecule has 2 amide bonds. The van der Waals surface area contributed by atoms with E-state index in [-0.39, 0.29) is 24.2 Å². The van der Waals surface area contributed by atoms with Gasteiger partial charge in [0.05, 0.1) is 5.69 Å². The van der Waals surface area contributed by atoms with Gasteiger partial charge in [0.1, 0.15) is 18.4 Å². The van der Waals surface area contributed by atoms with Crippen LogP contribution in [0, 0.1) is 5.82 Å². The van der Waals surface area contributed by atoms with Gasteiger partial charge in [-0.05, 0) is 61.7 Å². The van der Waals surface area contributed by atoms with E-state index < -0.39 is 34.5 Å². The van der Waals surface area contributed by atoms with Crippen molar-refractivity contribution in [2.75, 3.05) is 24.9 Å². The average molecular weight is 598 g/mol. The zero-order valence-corrected chi connectivity index (χ0v) is 23.8. The summed E-state index contributed by atoms with van der Waals surface area (Å²) in [5, 5.41) is 3.07. The summed E-state index contributed by atoms with van der Waals surface area (Å²) in [6, 6.07) is 11.5. The minimum absolute atomic E-state index is 0.0661. The van der Waals surface area contributed by atoms with Crippen molar-refractivity contribution in [3.63, 3.8) is 0 Å². The zero-order chi connectivity index (χ0) is 27.2. The Morgan fingerprint density at radius 3 is 2.32 bits per heavy atom. The molecule has 37 heavy (non-hydrogen) atoms. The summed E-state index contributed by atoms with van der Waals surface area (Å²) in [6.45, 7) is 1.20. The number of amides is 2. The van der Waals surface area contributed by atoms with E-state index >= 15 is 0 Å². The molecule has 202 valence electrons. The van der Waals surface area contributed by atoms with Gasteiger partial charge in [-0.3, -0.25) is 9.59 Å². The SMILES string of the molecule is CC(C(=O)NC1CCCCC1)N(Cc1cccc(Br)c1)C(=O)CN(c1ccc(F)cc1)S(=O)(=O)N(C)C. The molecule has 1 atom stereocenters. The third kappa shape index (κ3) is 7.75. The lowest BCUT2D eigenvalue weighted by atomic mass is 9.95. The smallest absolute Gasteiger partial charge is 0.304 e. The molecule has 0 saturated heterocycles. The van der Waals surface area contributed by atoms with E-state index in [4.69, 9.17) is 0 Å². The fraction of sp³-hybridized carbons (Fsp3) is 0.462. The summed E-state index contributed by atoms with van der Waals surface area (Å²) >= 11 is 3.43. The summed E-state index contributed by atoms with van der Waals surface area (Å²) < 4.78 is 42.6. The number of nitrogens with zero attached hydrogens (tertiary/aromatic N) is 3. The fourth-order valence-electron chi connectivity index (χ4n) is 4.31. The van der Waals surface area contributed by atoms with E-state index in [1.165, 1.54) is 31.1 Å². The quantitative estimate of drug-likeness (QED) is 0.448. The molecule has 11 heteroatoms. The third-order valence-corrected chi connectivity index (χ3v) is 8.81. The maximum Gasteiger partial charge on any atom is 0.304 e. The van der Waals surface area contributed by atoms with Gasteiger partial charge in [-0.25, -0.2) is 8.70 Å². The van der Waals surface area contributed by atoms with Crippen LogP contribution in [-0.4, -0.2) is 62.2 Å². The van der Waals surface area contributed by atoms with Gasteiger partial charge in [-0.1, -0.05) is 47.3 Å². The third-order valence-electron chi connectivity index (χ3n) is 6.49. The van der Waals surface area contributed by atoms with E-state index in [0.717, 1.165) is 62.9 Å². The Hall–Kier alpha value is -2.50. The fourth-order valence-corrected chi connectivity index (χ4v) is 5.81. The van der Waals surface area contributed by atoms with Crippen LogP contribution in [0.4, 0.5) is 10.1 Å². The first-order valence-corrected chi connectivity index (χ1v) is 14.5. The van der Waals surface area contributed by atoms with Crippen LogP contribution in [0.5, 0.6) is 0 Å². The van der Waals surface area contributed by atoms with Gasteiger partial charge in [0.25, 0.3) is 0 Å². The summed E-state index contributed by atoms with van der Waals surface area (Å²) in [5.41, 5.74) is 0.925. The topological polar surface area (TPSA) is 90.0 Å². The molecule has 0 radical (unpaired) electrons. The van der Waals surface area contributed by atoms with E-state index in [1.54, 1.807) is 6.92 Å². The van der Waals surface area contributed by atoms with Gasteiger partial charge in [0.2, 0.25) is 11.8 Å². The minimum atomic E-state index is -4.09. The van der Waals surface area contributed by atoms with Gasteiger partial charge in [-0.2, -0.15) is 12.7 Å². The van der Waals surface area contributed by atoms with Gasteiger partial charge >= 0.3 is 10.2 Å². The molecular weight excluding hydrogens is 563 g/mol. The number of halogens is 2. The molecule has 3 rings (SSSR count). The lowest BCUT2D eigenvalue weighted by Gasteiger charge is -2.34. The highest BCUT2D eigenvalue weighted by molar-refractivity contribution is 9.10. The molecule has 1 saturated carbocycles. The molecule has 0 heterocycles. The van der Waals surface area contributed by atoms with E-state index in [9.17, 15) is 22.4 Å². The molecule has 0 bridgehead atoms. The first-order chi connectivity index (χ1) is 17.5. The Balaban J connectivity index is 1.91. The first-order valence-electron chi connectivity index (χ1n) is 12.3. The van der Waals surface area contributed by atoms with Gasteiger partial charge in [0.15, 0.2) is 0 Å². The maximum atomic E-state index is 13.7. The van der Waals surface area contributed by atoms with Gasteiger partial charge in [0, 0.05) is 31.2 Å². The predicted octanol–water partition coefficient (Wildman–Crippen LogP) is 4.07. The van der Waals surface area contributed by atoms with Crippen molar-refractivity contribution in [2.24, 2.45) is 0 Å². The number of hydrogen-bond donors (Lipinski definition) is 1. The summed E-state index contributed by atoms with van der Waals surface area (Å²) in [5.74, 6) is -1.36. The van der Waals surface area contributed by atoms with Crippen molar-refractivity contribution in [1.82, 2.24) is 14.5 Å². The zero-order valence-electron chi connectivity index (χ0n) is 21.4. The average Bonchev–Trinajstić information content (AvgIpc) is 2.86. The van der Waals surface area contributed by atoms with E-state index in [0.29, 0.717) is 0 Å². The normalized spacial score (nSPS) is 15.3. The molecule has 1 aliphatic carbocycles. The number of carbonyl (C=O) groups is 2. The van der Waals surface area contributed by atoms with E-state index in [1.807, 2.05) is 24.3 Å². The molecule has 2 aromatic carbocycles. The Bertz CT molecular complexity index is 1190. The summed E-state index contributed by atoms with van der Waals surface area (Å²) in [4.78, 5) is 28.3. The van der Waals surface area contributed by atoms with Crippen LogP contribution in [0.3, 0.4) is 0 Å². The molecule has 0 aliphatic heterocycles. The van der Waals surface area contributed by atoms with Crippen LogP contribution >= 0.6 is 15.9 Å². The highest BCUT2D eigenvalue weighted by atomic mass is 79.9. The van der Waals surface area contributed by atoms with Crippen LogP contribution < -0.4 is 9.62 Å². The Kier molecular flexibility index (Phi) is 10.1. The Labute approximate surface area is 227 Å².